The lowest BCUT2D eigenvalue weighted by Crippen LogP contribution is -2.16. The molecule has 2 aromatic rings. The first-order valence-electron chi connectivity index (χ1n) is 6.71. The Hall–Kier alpha value is -1.77. The van der Waals surface area contributed by atoms with Crippen LogP contribution in [0.15, 0.2) is 36.4 Å². The highest BCUT2D eigenvalue weighted by Crippen LogP contribution is 2.34. The van der Waals surface area contributed by atoms with Crippen LogP contribution in [0.2, 0.25) is 0 Å². The molecule has 0 aliphatic rings. The van der Waals surface area contributed by atoms with Crippen molar-refractivity contribution < 1.29 is 8.78 Å². The van der Waals surface area contributed by atoms with Crippen molar-refractivity contribution in [2.24, 2.45) is 5.41 Å². The molecule has 0 aliphatic heterocycles. The molecule has 0 fully saturated rings. The molecule has 0 unspecified atom stereocenters. The van der Waals surface area contributed by atoms with Gasteiger partial charge in [0.25, 0.3) is 0 Å². The van der Waals surface area contributed by atoms with Crippen molar-refractivity contribution in [2.75, 3.05) is 0 Å². The summed E-state index contributed by atoms with van der Waals surface area (Å²) in [6, 6.07) is 8.90. The minimum atomic E-state index is -0.461. The summed E-state index contributed by atoms with van der Waals surface area (Å²) in [5, 5.41) is 0. The van der Waals surface area contributed by atoms with Gasteiger partial charge in [0.2, 0.25) is 0 Å². The zero-order chi connectivity index (χ0) is 14.9. The Morgan fingerprint density at radius 2 is 1.75 bits per heavy atom. The van der Waals surface area contributed by atoms with Gasteiger partial charge in [-0.3, -0.25) is 4.98 Å². The first kappa shape index (κ1) is 14.6. The lowest BCUT2D eigenvalue weighted by Gasteiger charge is -2.27. The second-order valence-electron chi connectivity index (χ2n) is 6.16. The monoisotopic (exact) mass is 275 g/mol. The third kappa shape index (κ3) is 3.03. The van der Waals surface area contributed by atoms with Crippen LogP contribution < -0.4 is 0 Å². The molecular formula is C17H19F2N. The van der Waals surface area contributed by atoms with Crippen LogP contribution in [-0.4, -0.2) is 4.98 Å². The first-order valence-corrected chi connectivity index (χ1v) is 6.71. The Morgan fingerprint density at radius 3 is 2.40 bits per heavy atom. The van der Waals surface area contributed by atoms with Crippen molar-refractivity contribution in [1.82, 2.24) is 4.98 Å². The fraction of sp³-hybridized carbons (Fsp3) is 0.353. The number of benzene rings is 1. The molecule has 1 aromatic heterocycles. The van der Waals surface area contributed by atoms with E-state index in [1.807, 2.05) is 12.1 Å². The minimum absolute atomic E-state index is 0.0616. The third-order valence-corrected chi connectivity index (χ3v) is 3.72. The largest absolute Gasteiger partial charge is 0.252 e. The molecular weight excluding hydrogens is 256 g/mol. The Labute approximate surface area is 118 Å². The van der Waals surface area contributed by atoms with E-state index in [9.17, 15) is 8.78 Å². The number of aromatic nitrogens is 1. The smallest absolute Gasteiger partial charge is 0.132 e. The fourth-order valence-corrected chi connectivity index (χ4v) is 1.98. The van der Waals surface area contributed by atoms with E-state index >= 15 is 0 Å². The van der Waals surface area contributed by atoms with E-state index in [-0.39, 0.29) is 16.9 Å². The standard InChI is InChI=1S/C17H19F2N/c1-11(17(2,3)4)15-6-5-7-16(20-15)13-10-12(18)8-9-14(13)19/h5-11H,1-4H3/t11-/m0/s1. The topological polar surface area (TPSA) is 12.9 Å². The normalized spacial score (nSPS) is 13.3. The molecule has 0 radical (unpaired) electrons. The van der Waals surface area contributed by atoms with Crippen LogP contribution in [0.4, 0.5) is 8.78 Å². The molecule has 1 aromatic carbocycles. The summed E-state index contributed by atoms with van der Waals surface area (Å²) in [6.45, 7) is 8.49. The number of halogens is 2. The summed E-state index contributed by atoms with van der Waals surface area (Å²) in [5.41, 5.74) is 1.62. The quantitative estimate of drug-likeness (QED) is 0.736. The minimum Gasteiger partial charge on any atom is -0.252 e. The number of rotatable bonds is 2. The van der Waals surface area contributed by atoms with Gasteiger partial charge < -0.3 is 0 Å². The Morgan fingerprint density at radius 1 is 1.05 bits per heavy atom. The van der Waals surface area contributed by atoms with Crippen LogP contribution in [0.25, 0.3) is 11.3 Å². The van der Waals surface area contributed by atoms with E-state index in [1.165, 1.54) is 6.07 Å². The van der Waals surface area contributed by atoms with Gasteiger partial charge in [-0.05, 0) is 35.7 Å². The second-order valence-corrected chi connectivity index (χ2v) is 6.16. The molecule has 0 saturated carbocycles. The average molecular weight is 275 g/mol. The van der Waals surface area contributed by atoms with Crippen LogP contribution in [0.1, 0.15) is 39.3 Å². The lowest BCUT2D eigenvalue weighted by atomic mass is 9.80. The molecule has 1 atom stereocenters. The Balaban J connectivity index is 2.47. The molecule has 20 heavy (non-hydrogen) atoms. The Bertz CT molecular complexity index is 615. The highest BCUT2D eigenvalue weighted by molar-refractivity contribution is 5.60. The maximum Gasteiger partial charge on any atom is 0.132 e. The van der Waals surface area contributed by atoms with E-state index in [1.54, 1.807) is 6.07 Å². The molecule has 0 N–H and O–H groups in total. The van der Waals surface area contributed by atoms with Crippen LogP contribution >= 0.6 is 0 Å². The maximum atomic E-state index is 13.8. The summed E-state index contributed by atoms with van der Waals surface area (Å²) >= 11 is 0. The molecule has 0 saturated heterocycles. The molecule has 106 valence electrons. The van der Waals surface area contributed by atoms with Gasteiger partial charge in [0, 0.05) is 17.2 Å². The van der Waals surface area contributed by atoms with E-state index in [0.29, 0.717) is 5.69 Å². The number of pyridine rings is 1. The predicted octanol–water partition coefficient (Wildman–Crippen LogP) is 5.18. The molecule has 1 nitrogen and oxygen atoms in total. The number of hydrogen-bond donors (Lipinski definition) is 0. The molecule has 0 spiro atoms. The second kappa shape index (κ2) is 5.31. The highest BCUT2D eigenvalue weighted by Gasteiger charge is 2.23. The van der Waals surface area contributed by atoms with Crippen LogP contribution in [0, 0.1) is 17.0 Å². The maximum absolute atomic E-state index is 13.8. The van der Waals surface area contributed by atoms with Gasteiger partial charge >= 0.3 is 0 Å². The first-order chi connectivity index (χ1) is 9.29. The van der Waals surface area contributed by atoms with Crippen molar-refractivity contribution in [2.45, 2.75) is 33.6 Å². The van der Waals surface area contributed by atoms with Crippen LogP contribution in [0.5, 0.6) is 0 Å². The Kier molecular flexibility index (Phi) is 3.89. The molecule has 1 heterocycles. The van der Waals surface area contributed by atoms with Gasteiger partial charge in [0.1, 0.15) is 11.6 Å². The fourth-order valence-electron chi connectivity index (χ4n) is 1.98. The number of nitrogens with zero attached hydrogens (tertiary/aromatic N) is 1. The summed E-state index contributed by atoms with van der Waals surface area (Å²) in [5.74, 6) is -0.698. The van der Waals surface area contributed by atoms with Crippen molar-refractivity contribution in [1.29, 1.82) is 0 Å². The van der Waals surface area contributed by atoms with Gasteiger partial charge in [-0.1, -0.05) is 33.8 Å². The summed E-state index contributed by atoms with van der Waals surface area (Å²) in [6.07, 6.45) is 0. The molecule has 0 amide bonds. The lowest BCUT2D eigenvalue weighted by molar-refractivity contribution is 0.334. The van der Waals surface area contributed by atoms with Gasteiger partial charge in [0.15, 0.2) is 0 Å². The zero-order valence-electron chi connectivity index (χ0n) is 12.2. The SMILES string of the molecule is C[C@@H](c1cccc(-c2cc(F)ccc2F)n1)C(C)(C)C. The molecule has 0 bridgehead atoms. The van der Waals surface area contributed by atoms with E-state index in [4.69, 9.17) is 0 Å². The van der Waals surface area contributed by atoms with Gasteiger partial charge in [-0.15, -0.1) is 0 Å². The van der Waals surface area contributed by atoms with Gasteiger partial charge in [-0.2, -0.15) is 0 Å². The third-order valence-electron chi connectivity index (χ3n) is 3.72. The molecule has 2 rings (SSSR count). The highest BCUT2D eigenvalue weighted by atomic mass is 19.1. The van der Waals surface area contributed by atoms with Crippen LogP contribution in [-0.2, 0) is 0 Å². The summed E-state index contributed by atoms with van der Waals surface area (Å²) in [4.78, 5) is 4.50. The summed E-state index contributed by atoms with van der Waals surface area (Å²) < 4.78 is 27.1. The summed E-state index contributed by atoms with van der Waals surface area (Å²) in [7, 11) is 0. The van der Waals surface area contributed by atoms with Gasteiger partial charge in [0.05, 0.1) is 5.69 Å². The zero-order valence-corrected chi connectivity index (χ0v) is 12.2. The number of hydrogen-bond acceptors (Lipinski definition) is 1. The van der Waals surface area contributed by atoms with E-state index < -0.39 is 11.6 Å². The molecule has 3 heteroatoms. The average Bonchev–Trinajstić information content (AvgIpc) is 2.40. The van der Waals surface area contributed by atoms with Crippen molar-refractivity contribution in [3.8, 4) is 11.3 Å². The van der Waals surface area contributed by atoms with E-state index in [2.05, 4.69) is 32.7 Å². The van der Waals surface area contributed by atoms with Crippen molar-refractivity contribution >= 4 is 0 Å². The molecule has 0 aliphatic carbocycles. The van der Waals surface area contributed by atoms with E-state index in [0.717, 1.165) is 17.8 Å². The van der Waals surface area contributed by atoms with Crippen molar-refractivity contribution in [3.63, 3.8) is 0 Å². The van der Waals surface area contributed by atoms with Crippen LogP contribution in [0.3, 0.4) is 0 Å². The van der Waals surface area contributed by atoms with Crippen molar-refractivity contribution in [3.05, 3.63) is 53.7 Å². The predicted molar refractivity (Wildman–Crippen MR) is 77.5 cm³/mol. The van der Waals surface area contributed by atoms with Gasteiger partial charge in [-0.25, -0.2) is 8.78 Å².